The molecule has 1 unspecified atom stereocenters. The van der Waals surface area contributed by atoms with Crippen LogP contribution in [0.3, 0.4) is 0 Å². The van der Waals surface area contributed by atoms with Crippen molar-refractivity contribution < 1.29 is 14.5 Å². The number of likely N-dealkylation sites (tertiary alicyclic amines) is 1. The predicted molar refractivity (Wildman–Crippen MR) is 88.7 cm³/mol. The number of piperidine rings is 1. The van der Waals surface area contributed by atoms with Crippen LogP contribution in [0.25, 0.3) is 0 Å². The van der Waals surface area contributed by atoms with Crippen LogP contribution < -0.4 is 10.6 Å². The predicted octanol–water partition coefficient (Wildman–Crippen LogP) is 0.925. The Balaban J connectivity index is 1.77. The summed E-state index contributed by atoms with van der Waals surface area (Å²) in [5, 5.41) is 16.4. The van der Waals surface area contributed by atoms with Gasteiger partial charge in [-0.25, -0.2) is 0 Å². The summed E-state index contributed by atoms with van der Waals surface area (Å²) in [4.78, 5) is 36.0. The molecule has 1 fully saturated rings. The van der Waals surface area contributed by atoms with Crippen LogP contribution in [-0.4, -0.2) is 54.4 Å². The molecule has 0 saturated carbocycles. The summed E-state index contributed by atoms with van der Waals surface area (Å²) < 4.78 is 0. The first-order valence-corrected chi connectivity index (χ1v) is 7.99. The fourth-order valence-electron chi connectivity index (χ4n) is 2.72. The van der Waals surface area contributed by atoms with Gasteiger partial charge in [0.15, 0.2) is 0 Å². The van der Waals surface area contributed by atoms with Crippen LogP contribution in [0.4, 0.5) is 5.69 Å². The maximum Gasteiger partial charge on any atom is 0.269 e. The minimum absolute atomic E-state index is 0.0268. The SMILES string of the molecule is CNC1CCCN(C(=O)CCNC(=O)c2ccc([N+](=O)[O-])cc2)C1. The Morgan fingerprint density at radius 3 is 2.67 bits per heavy atom. The fraction of sp³-hybridized carbons (Fsp3) is 0.500. The van der Waals surface area contributed by atoms with Gasteiger partial charge in [-0.05, 0) is 32.0 Å². The summed E-state index contributed by atoms with van der Waals surface area (Å²) in [6, 6.07) is 5.70. The molecule has 0 aliphatic carbocycles. The Morgan fingerprint density at radius 2 is 2.04 bits per heavy atom. The molecule has 24 heavy (non-hydrogen) atoms. The summed E-state index contributed by atoms with van der Waals surface area (Å²) in [6.45, 7) is 1.70. The number of benzene rings is 1. The van der Waals surface area contributed by atoms with E-state index < -0.39 is 4.92 Å². The summed E-state index contributed by atoms with van der Waals surface area (Å²) in [6.07, 6.45) is 2.29. The van der Waals surface area contributed by atoms with Crippen LogP contribution >= 0.6 is 0 Å². The molecular weight excluding hydrogens is 312 g/mol. The number of hydrogen-bond acceptors (Lipinski definition) is 5. The summed E-state index contributed by atoms with van der Waals surface area (Å²) >= 11 is 0. The molecular formula is C16H22N4O4. The smallest absolute Gasteiger partial charge is 0.269 e. The second-order valence-electron chi connectivity index (χ2n) is 5.78. The van der Waals surface area contributed by atoms with Gasteiger partial charge < -0.3 is 15.5 Å². The highest BCUT2D eigenvalue weighted by molar-refractivity contribution is 5.94. The molecule has 1 aliphatic heterocycles. The van der Waals surface area contributed by atoms with Gasteiger partial charge in [-0.1, -0.05) is 0 Å². The van der Waals surface area contributed by atoms with E-state index >= 15 is 0 Å². The lowest BCUT2D eigenvalue weighted by molar-refractivity contribution is -0.384. The highest BCUT2D eigenvalue weighted by Crippen LogP contribution is 2.12. The number of nitro groups is 1. The summed E-state index contributed by atoms with van der Waals surface area (Å²) in [5.74, 6) is -0.316. The van der Waals surface area contributed by atoms with Crippen LogP contribution in [-0.2, 0) is 4.79 Å². The molecule has 2 rings (SSSR count). The van der Waals surface area contributed by atoms with Crippen molar-refractivity contribution in [3.8, 4) is 0 Å². The molecule has 0 bridgehead atoms. The number of nitrogens with one attached hydrogen (secondary N) is 2. The standard InChI is InChI=1S/C16H22N4O4/c1-17-13-3-2-10-19(11-13)15(21)8-9-18-16(22)12-4-6-14(7-5-12)20(23)24/h4-7,13,17H,2-3,8-11H2,1H3,(H,18,22). The number of rotatable bonds is 6. The number of nitrogens with zero attached hydrogens (tertiary/aromatic N) is 2. The van der Waals surface area contributed by atoms with E-state index in [0.717, 1.165) is 19.4 Å². The van der Waals surface area contributed by atoms with Gasteiger partial charge in [0.1, 0.15) is 0 Å². The van der Waals surface area contributed by atoms with E-state index in [1.165, 1.54) is 24.3 Å². The van der Waals surface area contributed by atoms with Crippen LogP contribution in [0.5, 0.6) is 0 Å². The Labute approximate surface area is 140 Å². The van der Waals surface area contributed by atoms with E-state index in [1.54, 1.807) is 0 Å². The Kier molecular flexibility index (Phi) is 6.25. The minimum atomic E-state index is -0.516. The minimum Gasteiger partial charge on any atom is -0.352 e. The highest BCUT2D eigenvalue weighted by Gasteiger charge is 2.22. The number of nitro benzene ring substituents is 1. The van der Waals surface area contributed by atoms with Gasteiger partial charge >= 0.3 is 0 Å². The third-order valence-corrected chi connectivity index (χ3v) is 4.15. The number of amides is 2. The van der Waals surface area contributed by atoms with Crippen molar-refractivity contribution in [2.45, 2.75) is 25.3 Å². The zero-order chi connectivity index (χ0) is 17.5. The maximum atomic E-state index is 12.2. The van der Waals surface area contributed by atoms with E-state index in [-0.39, 0.29) is 30.5 Å². The molecule has 1 aromatic rings. The first-order valence-electron chi connectivity index (χ1n) is 7.99. The van der Waals surface area contributed by atoms with Gasteiger partial charge in [0.2, 0.25) is 5.91 Å². The number of carbonyl (C=O) groups is 2. The largest absolute Gasteiger partial charge is 0.352 e. The molecule has 1 aliphatic rings. The summed E-state index contributed by atoms with van der Waals surface area (Å²) in [7, 11) is 1.89. The fourth-order valence-corrected chi connectivity index (χ4v) is 2.72. The molecule has 1 heterocycles. The van der Waals surface area contributed by atoms with Crippen molar-refractivity contribution >= 4 is 17.5 Å². The van der Waals surface area contributed by atoms with Crippen molar-refractivity contribution in [3.63, 3.8) is 0 Å². The van der Waals surface area contributed by atoms with Gasteiger partial charge in [0.25, 0.3) is 11.6 Å². The number of hydrogen-bond donors (Lipinski definition) is 2. The average molecular weight is 334 g/mol. The Hall–Kier alpha value is -2.48. The lowest BCUT2D eigenvalue weighted by atomic mass is 10.1. The Morgan fingerprint density at radius 1 is 1.33 bits per heavy atom. The van der Waals surface area contributed by atoms with Crippen molar-refractivity contribution in [2.24, 2.45) is 0 Å². The number of non-ortho nitro benzene ring substituents is 1. The number of carbonyl (C=O) groups excluding carboxylic acids is 2. The molecule has 8 heteroatoms. The van der Waals surface area contributed by atoms with E-state index in [4.69, 9.17) is 0 Å². The van der Waals surface area contributed by atoms with Crippen molar-refractivity contribution in [1.82, 2.24) is 15.5 Å². The number of likely N-dealkylation sites (N-methyl/N-ethyl adjacent to an activating group) is 1. The molecule has 130 valence electrons. The van der Waals surface area contributed by atoms with E-state index in [2.05, 4.69) is 10.6 Å². The molecule has 1 saturated heterocycles. The quantitative estimate of drug-likeness (QED) is 0.595. The van der Waals surface area contributed by atoms with Crippen LogP contribution in [0.2, 0.25) is 0 Å². The topological polar surface area (TPSA) is 105 Å². The first kappa shape index (κ1) is 17.9. The van der Waals surface area contributed by atoms with E-state index in [9.17, 15) is 19.7 Å². The van der Waals surface area contributed by atoms with Crippen LogP contribution in [0, 0.1) is 10.1 Å². The molecule has 0 aromatic heterocycles. The van der Waals surface area contributed by atoms with Gasteiger partial charge in [0, 0.05) is 49.8 Å². The average Bonchev–Trinajstić information content (AvgIpc) is 2.61. The highest BCUT2D eigenvalue weighted by atomic mass is 16.6. The van der Waals surface area contributed by atoms with E-state index in [1.807, 2.05) is 11.9 Å². The molecule has 0 spiro atoms. The molecule has 2 N–H and O–H groups in total. The second kappa shape index (κ2) is 8.39. The van der Waals surface area contributed by atoms with Crippen molar-refractivity contribution in [1.29, 1.82) is 0 Å². The lowest BCUT2D eigenvalue weighted by Crippen LogP contribution is -2.47. The van der Waals surface area contributed by atoms with E-state index in [0.29, 0.717) is 18.2 Å². The van der Waals surface area contributed by atoms with Gasteiger partial charge in [-0.2, -0.15) is 0 Å². The molecule has 0 radical (unpaired) electrons. The molecule has 1 atom stereocenters. The van der Waals surface area contributed by atoms with Gasteiger partial charge in [-0.15, -0.1) is 0 Å². The summed E-state index contributed by atoms with van der Waals surface area (Å²) in [5.41, 5.74) is 0.271. The third kappa shape index (κ3) is 4.76. The van der Waals surface area contributed by atoms with Crippen molar-refractivity contribution in [2.75, 3.05) is 26.7 Å². The van der Waals surface area contributed by atoms with Crippen molar-refractivity contribution in [3.05, 3.63) is 39.9 Å². The Bertz CT molecular complexity index is 603. The maximum absolute atomic E-state index is 12.2. The molecule has 2 amide bonds. The van der Waals surface area contributed by atoms with Crippen LogP contribution in [0.1, 0.15) is 29.6 Å². The normalized spacial score (nSPS) is 17.4. The van der Waals surface area contributed by atoms with Gasteiger partial charge in [-0.3, -0.25) is 19.7 Å². The van der Waals surface area contributed by atoms with Crippen LogP contribution in [0.15, 0.2) is 24.3 Å². The molecule has 8 nitrogen and oxygen atoms in total. The zero-order valence-electron chi connectivity index (χ0n) is 13.7. The second-order valence-corrected chi connectivity index (χ2v) is 5.78. The van der Waals surface area contributed by atoms with Gasteiger partial charge in [0.05, 0.1) is 4.92 Å². The first-order chi connectivity index (χ1) is 11.5. The zero-order valence-corrected chi connectivity index (χ0v) is 13.7. The molecule has 1 aromatic carbocycles. The monoisotopic (exact) mass is 334 g/mol. The lowest BCUT2D eigenvalue weighted by Gasteiger charge is -2.32. The third-order valence-electron chi connectivity index (χ3n) is 4.15.